The molecule has 0 saturated carbocycles. The zero-order chi connectivity index (χ0) is 13.6. The molecule has 1 aliphatic rings. The van der Waals surface area contributed by atoms with Gasteiger partial charge in [0.1, 0.15) is 5.82 Å². The van der Waals surface area contributed by atoms with E-state index in [2.05, 4.69) is 22.6 Å². The van der Waals surface area contributed by atoms with E-state index in [9.17, 15) is 13.2 Å². The molecule has 0 spiro atoms. The standard InChI is InChI=1S/C15H10F3I/c16-13-3-1-2-10-8-12(15(17,18)14(10)13)9-4-6-11(19)7-5-9/h1-7,12H,8H2. The van der Waals surface area contributed by atoms with E-state index in [0.717, 1.165) is 9.64 Å². The van der Waals surface area contributed by atoms with E-state index in [0.29, 0.717) is 11.1 Å². The number of halogens is 4. The lowest BCUT2D eigenvalue weighted by molar-refractivity contribution is -0.0250. The predicted octanol–water partition coefficient (Wildman–Crippen LogP) is 4.86. The molecule has 0 radical (unpaired) electrons. The van der Waals surface area contributed by atoms with E-state index in [4.69, 9.17) is 0 Å². The molecule has 1 aliphatic carbocycles. The lowest BCUT2D eigenvalue weighted by Gasteiger charge is -2.20. The van der Waals surface area contributed by atoms with Crippen LogP contribution in [0.1, 0.15) is 22.6 Å². The highest BCUT2D eigenvalue weighted by Crippen LogP contribution is 2.51. The fourth-order valence-corrected chi connectivity index (χ4v) is 3.02. The van der Waals surface area contributed by atoms with E-state index in [1.807, 2.05) is 0 Å². The summed E-state index contributed by atoms with van der Waals surface area (Å²) >= 11 is 2.13. The summed E-state index contributed by atoms with van der Waals surface area (Å²) in [6, 6.07) is 11.2. The van der Waals surface area contributed by atoms with Gasteiger partial charge in [0, 0.05) is 3.57 Å². The van der Waals surface area contributed by atoms with Crippen molar-refractivity contribution in [2.75, 3.05) is 0 Å². The number of fused-ring (bicyclic) bond motifs is 1. The van der Waals surface area contributed by atoms with Gasteiger partial charge in [-0.1, -0.05) is 24.3 Å². The van der Waals surface area contributed by atoms with Gasteiger partial charge < -0.3 is 0 Å². The molecular formula is C15H10F3I. The van der Waals surface area contributed by atoms with Gasteiger partial charge in [-0.15, -0.1) is 0 Å². The number of hydrogen-bond acceptors (Lipinski definition) is 0. The topological polar surface area (TPSA) is 0 Å². The summed E-state index contributed by atoms with van der Waals surface area (Å²) in [6.45, 7) is 0. The second-order valence-electron chi connectivity index (χ2n) is 4.71. The van der Waals surface area contributed by atoms with Crippen LogP contribution in [0.5, 0.6) is 0 Å². The molecule has 4 heteroatoms. The highest BCUT2D eigenvalue weighted by Gasteiger charge is 2.50. The van der Waals surface area contributed by atoms with Gasteiger partial charge in [-0.25, -0.2) is 13.2 Å². The largest absolute Gasteiger partial charge is 0.283 e. The minimum absolute atomic E-state index is 0.181. The van der Waals surface area contributed by atoms with Crippen LogP contribution in [0.4, 0.5) is 13.2 Å². The Balaban J connectivity index is 2.08. The van der Waals surface area contributed by atoms with E-state index in [1.54, 1.807) is 30.3 Å². The molecule has 19 heavy (non-hydrogen) atoms. The van der Waals surface area contributed by atoms with Crippen LogP contribution in [0.3, 0.4) is 0 Å². The summed E-state index contributed by atoms with van der Waals surface area (Å²) in [5.41, 5.74) is 0.535. The molecule has 0 fully saturated rings. The van der Waals surface area contributed by atoms with Gasteiger partial charge >= 0.3 is 0 Å². The minimum atomic E-state index is -3.15. The van der Waals surface area contributed by atoms with Crippen LogP contribution < -0.4 is 0 Å². The lowest BCUT2D eigenvalue weighted by atomic mass is 9.93. The Morgan fingerprint density at radius 3 is 2.37 bits per heavy atom. The number of rotatable bonds is 1. The van der Waals surface area contributed by atoms with Crippen LogP contribution in [0, 0.1) is 9.39 Å². The van der Waals surface area contributed by atoms with Gasteiger partial charge in [0.05, 0.1) is 11.5 Å². The molecule has 0 heterocycles. The van der Waals surface area contributed by atoms with Crippen LogP contribution in [-0.2, 0) is 12.3 Å². The summed E-state index contributed by atoms with van der Waals surface area (Å²) in [7, 11) is 0. The zero-order valence-corrected chi connectivity index (χ0v) is 12.0. The van der Waals surface area contributed by atoms with Gasteiger partial charge in [-0.05, 0) is 58.3 Å². The molecule has 0 bridgehead atoms. The molecule has 2 aromatic carbocycles. The molecule has 1 atom stereocenters. The fourth-order valence-electron chi connectivity index (χ4n) is 2.66. The van der Waals surface area contributed by atoms with Crippen LogP contribution in [-0.4, -0.2) is 0 Å². The third-order valence-electron chi connectivity index (χ3n) is 3.57. The van der Waals surface area contributed by atoms with E-state index in [-0.39, 0.29) is 6.42 Å². The molecule has 0 nitrogen and oxygen atoms in total. The highest BCUT2D eigenvalue weighted by atomic mass is 127. The molecule has 3 rings (SSSR count). The molecule has 98 valence electrons. The van der Waals surface area contributed by atoms with Crippen LogP contribution in [0.25, 0.3) is 0 Å². The number of hydrogen-bond donors (Lipinski definition) is 0. The molecule has 2 aromatic rings. The van der Waals surface area contributed by atoms with Gasteiger partial charge in [0.15, 0.2) is 0 Å². The van der Waals surface area contributed by atoms with Crippen molar-refractivity contribution in [2.45, 2.75) is 18.3 Å². The van der Waals surface area contributed by atoms with Crippen LogP contribution in [0.15, 0.2) is 42.5 Å². The maximum absolute atomic E-state index is 14.4. The van der Waals surface area contributed by atoms with Gasteiger partial charge in [0.25, 0.3) is 5.92 Å². The Bertz CT molecular complexity index is 620. The molecule has 1 unspecified atom stereocenters. The zero-order valence-electron chi connectivity index (χ0n) is 9.84. The van der Waals surface area contributed by atoms with Crippen LogP contribution >= 0.6 is 22.6 Å². The Morgan fingerprint density at radius 1 is 1.05 bits per heavy atom. The summed E-state index contributed by atoms with van der Waals surface area (Å²) in [5.74, 6) is -4.93. The monoisotopic (exact) mass is 374 g/mol. The fraction of sp³-hybridized carbons (Fsp3) is 0.200. The van der Waals surface area contributed by atoms with Crippen molar-refractivity contribution in [2.24, 2.45) is 0 Å². The van der Waals surface area contributed by atoms with Crippen molar-refractivity contribution in [1.82, 2.24) is 0 Å². The number of alkyl halides is 2. The third kappa shape index (κ3) is 2.06. The first-order chi connectivity index (χ1) is 9.00. The Morgan fingerprint density at radius 2 is 1.74 bits per heavy atom. The summed E-state index contributed by atoms with van der Waals surface area (Å²) in [6.07, 6.45) is 0.181. The predicted molar refractivity (Wildman–Crippen MR) is 75.9 cm³/mol. The average molecular weight is 374 g/mol. The lowest BCUT2D eigenvalue weighted by Crippen LogP contribution is -2.20. The first-order valence-electron chi connectivity index (χ1n) is 5.91. The van der Waals surface area contributed by atoms with E-state index in [1.165, 1.54) is 6.07 Å². The van der Waals surface area contributed by atoms with Gasteiger partial charge in [0.2, 0.25) is 0 Å². The van der Waals surface area contributed by atoms with Crippen molar-refractivity contribution >= 4 is 22.6 Å². The second kappa shape index (κ2) is 4.51. The van der Waals surface area contributed by atoms with Crippen molar-refractivity contribution in [3.63, 3.8) is 0 Å². The molecule has 0 N–H and O–H groups in total. The smallest absolute Gasteiger partial charge is 0.206 e. The summed E-state index contributed by atoms with van der Waals surface area (Å²) in [4.78, 5) is 0. The molecule has 0 amide bonds. The molecular weight excluding hydrogens is 364 g/mol. The van der Waals surface area contributed by atoms with Crippen molar-refractivity contribution in [3.05, 3.63) is 68.5 Å². The van der Waals surface area contributed by atoms with E-state index >= 15 is 0 Å². The molecule has 0 saturated heterocycles. The van der Waals surface area contributed by atoms with Crippen molar-refractivity contribution in [3.8, 4) is 0 Å². The Hall–Kier alpha value is -1.04. The number of benzene rings is 2. The summed E-state index contributed by atoms with van der Waals surface area (Å²) < 4.78 is 43.5. The molecule has 0 aliphatic heterocycles. The first-order valence-corrected chi connectivity index (χ1v) is 6.99. The maximum atomic E-state index is 14.4. The molecule has 0 aromatic heterocycles. The Labute approximate surface area is 122 Å². The second-order valence-corrected chi connectivity index (χ2v) is 5.95. The maximum Gasteiger partial charge on any atom is 0.283 e. The SMILES string of the molecule is Fc1cccc2c1C(F)(F)C(c1ccc(I)cc1)C2. The van der Waals surface area contributed by atoms with Crippen LogP contribution in [0.2, 0.25) is 0 Å². The summed E-state index contributed by atoms with van der Waals surface area (Å²) in [5, 5.41) is 0. The minimum Gasteiger partial charge on any atom is -0.206 e. The quantitative estimate of drug-likeness (QED) is 0.626. The van der Waals surface area contributed by atoms with Crippen molar-refractivity contribution < 1.29 is 13.2 Å². The normalized spacial score (nSPS) is 20.3. The van der Waals surface area contributed by atoms with Gasteiger partial charge in [-0.2, -0.15) is 0 Å². The Kier molecular flexibility index (Phi) is 3.08. The van der Waals surface area contributed by atoms with E-state index < -0.39 is 23.2 Å². The highest BCUT2D eigenvalue weighted by molar-refractivity contribution is 14.1. The first kappa shape index (κ1) is 13.0. The average Bonchev–Trinajstić information content (AvgIpc) is 2.63. The van der Waals surface area contributed by atoms with Crippen molar-refractivity contribution in [1.29, 1.82) is 0 Å². The van der Waals surface area contributed by atoms with Gasteiger partial charge in [-0.3, -0.25) is 0 Å². The third-order valence-corrected chi connectivity index (χ3v) is 4.29.